The van der Waals surface area contributed by atoms with Crippen LogP contribution in [0.2, 0.25) is 0 Å². The molecule has 1 saturated heterocycles. The van der Waals surface area contributed by atoms with Gasteiger partial charge in [-0.25, -0.2) is 0 Å². The third kappa shape index (κ3) is 2.44. The second kappa shape index (κ2) is 4.45. The Kier molecular flexibility index (Phi) is 3.26. The Balaban J connectivity index is 2.41. The second-order valence-corrected chi connectivity index (χ2v) is 2.98. The first-order chi connectivity index (χ1) is 6.27. The molecule has 1 heterocycles. The molecule has 0 aromatic carbocycles. The summed E-state index contributed by atoms with van der Waals surface area (Å²) in [7, 11) is 0. The number of hydrogen-bond acceptors (Lipinski definition) is 3. The molecule has 1 aliphatic heterocycles. The van der Waals surface area contributed by atoms with Gasteiger partial charge in [-0.2, -0.15) is 5.26 Å². The predicted molar refractivity (Wildman–Crippen MR) is 44.3 cm³/mol. The van der Waals surface area contributed by atoms with Crippen LogP contribution in [0.1, 0.15) is 12.8 Å². The fourth-order valence-electron chi connectivity index (χ4n) is 1.39. The van der Waals surface area contributed by atoms with Crippen molar-refractivity contribution in [1.82, 2.24) is 10.6 Å². The lowest BCUT2D eigenvalue weighted by Gasteiger charge is -2.10. The number of carbonyl (C=O) groups excluding carboxylic acids is 2. The molecular formula is C8H11N3O2. The van der Waals surface area contributed by atoms with Gasteiger partial charge in [0.1, 0.15) is 6.04 Å². The normalized spacial score (nSPS) is 23.0. The third-order valence-electron chi connectivity index (χ3n) is 2.11. The average Bonchev–Trinajstić information content (AvgIpc) is 2.51. The topological polar surface area (TPSA) is 82.0 Å². The Bertz CT molecular complexity index is 246. The van der Waals surface area contributed by atoms with Crippen LogP contribution in [0, 0.1) is 17.2 Å². The molecule has 1 aliphatic rings. The Morgan fingerprint density at radius 1 is 1.85 bits per heavy atom. The molecule has 0 spiro atoms. The van der Waals surface area contributed by atoms with E-state index in [4.69, 9.17) is 5.26 Å². The minimum Gasteiger partial charge on any atom is -0.356 e. The highest BCUT2D eigenvalue weighted by atomic mass is 16.2. The number of nitrogens with one attached hydrogen (secondary N) is 2. The SMILES string of the molecule is N#C[C@H](CC1CCNC1=O)NC=O. The number of rotatable bonds is 4. The van der Waals surface area contributed by atoms with E-state index >= 15 is 0 Å². The molecule has 0 aromatic heterocycles. The molecular weight excluding hydrogens is 170 g/mol. The van der Waals surface area contributed by atoms with Crippen LogP contribution in [0.3, 0.4) is 0 Å². The molecule has 1 unspecified atom stereocenters. The summed E-state index contributed by atoms with van der Waals surface area (Å²) in [5, 5.41) is 13.6. The molecule has 70 valence electrons. The van der Waals surface area contributed by atoms with Crippen LogP contribution in [0.5, 0.6) is 0 Å². The van der Waals surface area contributed by atoms with Gasteiger partial charge in [0.2, 0.25) is 12.3 Å². The minimum absolute atomic E-state index is 0.0204. The average molecular weight is 181 g/mol. The van der Waals surface area contributed by atoms with E-state index in [2.05, 4.69) is 10.6 Å². The maximum atomic E-state index is 11.1. The molecule has 5 heteroatoms. The van der Waals surface area contributed by atoms with Crippen LogP contribution in [0.25, 0.3) is 0 Å². The first kappa shape index (κ1) is 9.52. The van der Waals surface area contributed by atoms with Gasteiger partial charge < -0.3 is 10.6 Å². The minimum atomic E-state index is -0.550. The van der Waals surface area contributed by atoms with Gasteiger partial charge in [0.05, 0.1) is 6.07 Å². The van der Waals surface area contributed by atoms with Gasteiger partial charge in [-0.3, -0.25) is 9.59 Å². The number of nitrogens with zero attached hydrogens (tertiary/aromatic N) is 1. The van der Waals surface area contributed by atoms with Crippen molar-refractivity contribution < 1.29 is 9.59 Å². The van der Waals surface area contributed by atoms with Crippen LogP contribution in [-0.2, 0) is 9.59 Å². The van der Waals surface area contributed by atoms with Gasteiger partial charge in [-0.15, -0.1) is 0 Å². The van der Waals surface area contributed by atoms with Gasteiger partial charge in [-0.05, 0) is 12.8 Å². The largest absolute Gasteiger partial charge is 0.356 e. The number of carbonyl (C=O) groups is 2. The van der Waals surface area contributed by atoms with E-state index in [1.165, 1.54) is 0 Å². The van der Waals surface area contributed by atoms with E-state index in [1.54, 1.807) is 0 Å². The zero-order chi connectivity index (χ0) is 9.68. The van der Waals surface area contributed by atoms with Crippen molar-refractivity contribution in [3.63, 3.8) is 0 Å². The lowest BCUT2D eigenvalue weighted by Crippen LogP contribution is -2.31. The summed E-state index contributed by atoms with van der Waals surface area (Å²) in [4.78, 5) is 21.2. The lowest BCUT2D eigenvalue weighted by molar-refractivity contribution is -0.123. The molecule has 1 fully saturated rings. The lowest BCUT2D eigenvalue weighted by atomic mass is 9.99. The quantitative estimate of drug-likeness (QED) is 0.554. The number of nitriles is 1. The van der Waals surface area contributed by atoms with Crippen molar-refractivity contribution in [2.24, 2.45) is 5.92 Å². The molecule has 0 radical (unpaired) electrons. The molecule has 0 aliphatic carbocycles. The van der Waals surface area contributed by atoms with E-state index in [0.717, 1.165) is 6.42 Å². The summed E-state index contributed by atoms with van der Waals surface area (Å²) >= 11 is 0. The Morgan fingerprint density at radius 3 is 3.08 bits per heavy atom. The summed E-state index contributed by atoms with van der Waals surface area (Å²) in [6, 6.07) is 1.38. The molecule has 5 nitrogen and oxygen atoms in total. The van der Waals surface area contributed by atoms with Crippen LogP contribution in [0.4, 0.5) is 0 Å². The summed E-state index contributed by atoms with van der Waals surface area (Å²) in [6.45, 7) is 0.669. The summed E-state index contributed by atoms with van der Waals surface area (Å²) in [6.07, 6.45) is 1.64. The smallest absolute Gasteiger partial charge is 0.223 e. The molecule has 2 N–H and O–H groups in total. The fourth-order valence-corrected chi connectivity index (χ4v) is 1.39. The zero-order valence-corrected chi connectivity index (χ0v) is 7.12. The molecule has 1 rings (SSSR count). The Hall–Kier alpha value is -1.57. The summed E-state index contributed by atoms with van der Waals surface area (Å²) < 4.78 is 0. The third-order valence-corrected chi connectivity index (χ3v) is 2.11. The maximum absolute atomic E-state index is 11.1. The van der Waals surface area contributed by atoms with E-state index in [-0.39, 0.29) is 11.8 Å². The van der Waals surface area contributed by atoms with Crippen LogP contribution in [0.15, 0.2) is 0 Å². The highest BCUT2D eigenvalue weighted by Gasteiger charge is 2.26. The molecule has 0 bridgehead atoms. The van der Waals surface area contributed by atoms with Crippen molar-refractivity contribution >= 4 is 12.3 Å². The van der Waals surface area contributed by atoms with Gasteiger partial charge in [0.15, 0.2) is 0 Å². The molecule has 0 aromatic rings. The molecule has 13 heavy (non-hydrogen) atoms. The van der Waals surface area contributed by atoms with E-state index in [0.29, 0.717) is 19.4 Å². The Labute approximate surface area is 76.1 Å². The van der Waals surface area contributed by atoms with Crippen molar-refractivity contribution in [1.29, 1.82) is 5.26 Å². The van der Waals surface area contributed by atoms with E-state index in [1.807, 2.05) is 6.07 Å². The Morgan fingerprint density at radius 2 is 2.62 bits per heavy atom. The molecule has 2 amide bonds. The van der Waals surface area contributed by atoms with Gasteiger partial charge in [-0.1, -0.05) is 0 Å². The monoisotopic (exact) mass is 181 g/mol. The first-order valence-electron chi connectivity index (χ1n) is 4.15. The molecule has 0 saturated carbocycles. The summed E-state index contributed by atoms with van der Waals surface area (Å²) in [5.74, 6) is -0.148. The fraction of sp³-hybridized carbons (Fsp3) is 0.625. The maximum Gasteiger partial charge on any atom is 0.223 e. The van der Waals surface area contributed by atoms with Crippen LogP contribution < -0.4 is 10.6 Å². The van der Waals surface area contributed by atoms with E-state index in [9.17, 15) is 9.59 Å². The molecule has 2 atom stereocenters. The number of hydrogen-bond donors (Lipinski definition) is 2. The summed E-state index contributed by atoms with van der Waals surface area (Å²) in [5.41, 5.74) is 0. The van der Waals surface area contributed by atoms with Gasteiger partial charge in [0.25, 0.3) is 0 Å². The number of amides is 2. The first-order valence-corrected chi connectivity index (χ1v) is 4.15. The highest BCUT2D eigenvalue weighted by molar-refractivity contribution is 5.80. The second-order valence-electron chi connectivity index (χ2n) is 2.98. The van der Waals surface area contributed by atoms with Crippen molar-refractivity contribution in [3.05, 3.63) is 0 Å². The predicted octanol–water partition coefficient (Wildman–Crippen LogP) is -0.849. The van der Waals surface area contributed by atoms with Crippen LogP contribution >= 0.6 is 0 Å². The van der Waals surface area contributed by atoms with Crippen molar-refractivity contribution in [2.45, 2.75) is 18.9 Å². The standard InChI is InChI=1S/C8H11N3O2/c9-4-7(11-5-12)3-6-1-2-10-8(6)13/h5-7H,1-3H2,(H,10,13)(H,11,12)/t6?,7-/m0/s1. The van der Waals surface area contributed by atoms with Gasteiger partial charge >= 0.3 is 0 Å². The zero-order valence-electron chi connectivity index (χ0n) is 7.12. The van der Waals surface area contributed by atoms with Crippen molar-refractivity contribution in [3.8, 4) is 6.07 Å². The van der Waals surface area contributed by atoms with E-state index < -0.39 is 6.04 Å². The van der Waals surface area contributed by atoms with Gasteiger partial charge in [0, 0.05) is 12.5 Å². The highest BCUT2D eigenvalue weighted by Crippen LogP contribution is 2.15. The van der Waals surface area contributed by atoms with Crippen LogP contribution in [-0.4, -0.2) is 24.9 Å². The van der Waals surface area contributed by atoms with Crippen molar-refractivity contribution in [2.75, 3.05) is 6.54 Å².